The predicted molar refractivity (Wildman–Crippen MR) is 75.1 cm³/mol. The normalized spacial score (nSPS) is 16.9. The number of hydrogen-bond acceptors (Lipinski definition) is 4. The zero-order chi connectivity index (χ0) is 14.9. The van der Waals surface area contributed by atoms with Crippen molar-refractivity contribution in [3.8, 4) is 0 Å². The Balaban J connectivity index is 2.22. The summed E-state index contributed by atoms with van der Waals surface area (Å²) in [4.78, 5) is 10.7. The van der Waals surface area contributed by atoms with E-state index in [4.69, 9.17) is 9.52 Å². The van der Waals surface area contributed by atoms with E-state index in [1.165, 1.54) is 11.4 Å². The van der Waals surface area contributed by atoms with Crippen molar-refractivity contribution in [2.24, 2.45) is 5.92 Å². The van der Waals surface area contributed by atoms with Crippen LogP contribution < -0.4 is 0 Å². The molecule has 0 aliphatic heterocycles. The summed E-state index contributed by atoms with van der Waals surface area (Å²) in [7, 11) is -2.23. The fraction of sp³-hybridized carbons (Fsp3) is 0.583. The molecular formula is C12H16BrNO5S. The van der Waals surface area contributed by atoms with Crippen LogP contribution in [0.15, 0.2) is 20.0 Å². The van der Waals surface area contributed by atoms with Crippen molar-refractivity contribution in [1.82, 2.24) is 4.31 Å². The monoisotopic (exact) mass is 365 g/mol. The van der Waals surface area contributed by atoms with Crippen LogP contribution in [0.3, 0.4) is 0 Å². The maximum Gasteiger partial charge on any atom is 0.371 e. The summed E-state index contributed by atoms with van der Waals surface area (Å²) in [6, 6.07) is 1.03. The number of rotatable bonds is 5. The van der Waals surface area contributed by atoms with Gasteiger partial charge in [0.25, 0.3) is 0 Å². The Morgan fingerprint density at radius 1 is 1.50 bits per heavy atom. The highest BCUT2D eigenvalue weighted by Gasteiger charge is 2.30. The maximum atomic E-state index is 12.4. The molecule has 0 saturated heterocycles. The van der Waals surface area contributed by atoms with Crippen LogP contribution in [0.5, 0.6) is 0 Å². The van der Waals surface area contributed by atoms with E-state index in [9.17, 15) is 13.2 Å². The van der Waals surface area contributed by atoms with Crippen LogP contribution in [0.25, 0.3) is 0 Å². The largest absolute Gasteiger partial charge is 0.475 e. The number of carboxylic acids is 1. The van der Waals surface area contributed by atoms with Gasteiger partial charge in [0.15, 0.2) is 4.67 Å². The van der Waals surface area contributed by atoms with E-state index >= 15 is 0 Å². The van der Waals surface area contributed by atoms with Gasteiger partial charge in [0.2, 0.25) is 15.8 Å². The number of hydrogen-bond donors (Lipinski definition) is 1. The Hall–Kier alpha value is -0.860. The van der Waals surface area contributed by atoms with Gasteiger partial charge in [0.1, 0.15) is 4.90 Å². The lowest BCUT2D eigenvalue weighted by atomic mass is 10.1. The van der Waals surface area contributed by atoms with Gasteiger partial charge in [0.05, 0.1) is 0 Å². The summed E-state index contributed by atoms with van der Waals surface area (Å²) >= 11 is 2.97. The summed E-state index contributed by atoms with van der Waals surface area (Å²) < 4.78 is 30.9. The molecule has 6 nitrogen and oxygen atoms in total. The predicted octanol–water partition coefficient (Wildman–Crippen LogP) is 2.55. The molecule has 1 N–H and O–H groups in total. The second-order valence-corrected chi connectivity index (χ2v) is 7.72. The van der Waals surface area contributed by atoms with Gasteiger partial charge < -0.3 is 9.52 Å². The molecule has 2 rings (SSSR count). The van der Waals surface area contributed by atoms with Crippen LogP contribution in [0.2, 0.25) is 0 Å². The first-order valence-corrected chi connectivity index (χ1v) is 8.54. The van der Waals surface area contributed by atoms with Crippen molar-refractivity contribution >= 4 is 31.9 Å². The number of aromatic carboxylic acids is 1. The quantitative estimate of drug-likeness (QED) is 0.865. The van der Waals surface area contributed by atoms with Gasteiger partial charge in [-0.25, -0.2) is 17.5 Å². The third kappa shape index (κ3) is 3.07. The molecule has 1 aliphatic rings. The van der Waals surface area contributed by atoms with Crippen molar-refractivity contribution in [3.63, 3.8) is 0 Å². The molecular weight excluding hydrogens is 350 g/mol. The number of sulfonamides is 1. The second kappa shape index (κ2) is 5.87. The highest BCUT2D eigenvalue weighted by molar-refractivity contribution is 9.10. The van der Waals surface area contributed by atoms with E-state index in [-0.39, 0.29) is 9.56 Å². The lowest BCUT2D eigenvalue weighted by Crippen LogP contribution is -2.31. The molecule has 112 valence electrons. The fourth-order valence-electron chi connectivity index (χ4n) is 2.46. The van der Waals surface area contributed by atoms with Crippen LogP contribution in [0.4, 0.5) is 0 Å². The number of furan rings is 1. The Bertz CT molecular complexity index is 603. The minimum atomic E-state index is -3.74. The van der Waals surface area contributed by atoms with Gasteiger partial charge in [0, 0.05) is 19.7 Å². The van der Waals surface area contributed by atoms with Gasteiger partial charge in [-0.05, 0) is 34.7 Å². The van der Waals surface area contributed by atoms with Crippen LogP contribution in [0, 0.1) is 5.92 Å². The Kier molecular flexibility index (Phi) is 4.55. The SMILES string of the molecule is CN(CC1CCCC1)S(=O)(=O)c1cc(C(=O)O)oc1Br. The first-order valence-electron chi connectivity index (χ1n) is 6.31. The molecule has 1 saturated carbocycles. The summed E-state index contributed by atoms with van der Waals surface area (Å²) in [5.41, 5.74) is 0. The van der Waals surface area contributed by atoms with Gasteiger partial charge in [-0.15, -0.1) is 0 Å². The van der Waals surface area contributed by atoms with Crippen LogP contribution in [-0.4, -0.2) is 37.4 Å². The Morgan fingerprint density at radius 3 is 2.60 bits per heavy atom. The lowest BCUT2D eigenvalue weighted by Gasteiger charge is -2.20. The van der Waals surface area contributed by atoms with E-state index in [0.29, 0.717) is 12.5 Å². The number of nitrogens with zero attached hydrogens (tertiary/aromatic N) is 1. The zero-order valence-electron chi connectivity index (χ0n) is 11.0. The molecule has 0 spiro atoms. The molecule has 0 atom stereocenters. The molecule has 1 aromatic heterocycles. The second-order valence-electron chi connectivity index (χ2n) is 4.99. The molecule has 0 amide bonds. The fourth-order valence-corrected chi connectivity index (χ4v) is 4.60. The van der Waals surface area contributed by atoms with Gasteiger partial charge in [-0.1, -0.05) is 12.8 Å². The van der Waals surface area contributed by atoms with Crippen LogP contribution >= 0.6 is 15.9 Å². The average molecular weight is 366 g/mol. The van der Waals surface area contributed by atoms with Gasteiger partial charge in [-0.3, -0.25) is 0 Å². The molecule has 0 radical (unpaired) electrons. The molecule has 20 heavy (non-hydrogen) atoms. The third-order valence-corrected chi connectivity index (χ3v) is 6.22. The summed E-state index contributed by atoms with van der Waals surface area (Å²) in [6.45, 7) is 0.447. The van der Waals surface area contributed by atoms with Gasteiger partial charge in [-0.2, -0.15) is 0 Å². The minimum Gasteiger partial charge on any atom is -0.475 e. The van der Waals surface area contributed by atoms with Crippen molar-refractivity contribution in [2.45, 2.75) is 30.6 Å². The molecule has 1 aliphatic carbocycles. The lowest BCUT2D eigenvalue weighted by molar-refractivity contribution is 0.0661. The van der Waals surface area contributed by atoms with Crippen molar-refractivity contribution in [3.05, 3.63) is 16.5 Å². The molecule has 1 aromatic rings. The third-order valence-electron chi connectivity index (χ3n) is 3.54. The van der Waals surface area contributed by atoms with E-state index in [2.05, 4.69) is 15.9 Å². The van der Waals surface area contributed by atoms with E-state index < -0.39 is 21.8 Å². The van der Waals surface area contributed by atoms with E-state index in [1.54, 1.807) is 0 Å². The van der Waals surface area contributed by atoms with Crippen LogP contribution in [0.1, 0.15) is 36.2 Å². The van der Waals surface area contributed by atoms with E-state index in [1.807, 2.05) is 0 Å². The first-order chi connectivity index (χ1) is 9.32. The summed E-state index contributed by atoms with van der Waals surface area (Å²) in [5.74, 6) is -1.32. The number of carboxylic acid groups (broad SMARTS) is 1. The Morgan fingerprint density at radius 2 is 2.10 bits per heavy atom. The first kappa shape index (κ1) is 15.5. The molecule has 1 heterocycles. The number of halogens is 1. The van der Waals surface area contributed by atoms with Crippen molar-refractivity contribution < 1.29 is 22.7 Å². The smallest absolute Gasteiger partial charge is 0.371 e. The number of carbonyl (C=O) groups is 1. The van der Waals surface area contributed by atoms with Gasteiger partial charge >= 0.3 is 5.97 Å². The average Bonchev–Trinajstić information content (AvgIpc) is 2.98. The molecule has 8 heteroatoms. The standard InChI is InChI=1S/C12H16BrNO5S/c1-14(7-8-4-2-3-5-8)20(17,18)10-6-9(12(15)16)19-11(10)13/h6,8H,2-5,7H2,1H3,(H,15,16). The summed E-state index contributed by atoms with van der Waals surface area (Å²) in [6.07, 6.45) is 4.34. The minimum absolute atomic E-state index is 0.0758. The van der Waals surface area contributed by atoms with Crippen LogP contribution in [-0.2, 0) is 10.0 Å². The zero-order valence-corrected chi connectivity index (χ0v) is 13.4. The highest BCUT2D eigenvalue weighted by Crippen LogP contribution is 2.31. The molecule has 0 aromatic carbocycles. The van der Waals surface area contributed by atoms with E-state index in [0.717, 1.165) is 31.7 Å². The van der Waals surface area contributed by atoms with Crippen molar-refractivity contribution in [2.75, 3.05) is 13.6 Å². The molecule has 0 unspecified atom stereocenters. The topological polar surface area (TPSA) is 87.8 Å². The molecule has 0 bridgehead atoms. The highest BCUT2D eigenvalue weighted by atomic mass is 79.9. The summed E-state index contributed by atoms with van der Waals surface area (Å²) in [5, 5.41) is 8.83. The Labute approximate surface area is 125 Å². The molecule has 1 fully saturated rings. The van der Waals surface area contributed by atoms with Crippen molar-refractivity contribution in [1.29, 1.82) is 0 Å². The maximum absolute atomic E-state index is 12.4.